The number of epoxide rings is 2. The summed E-state index contributed by atoms with van der Waals surface area (Å²) in [4.78, 5) is 0. The summed E-state index contributed by atoms with van der Waals surface area (Å²) in [5, 5.41) is 18.5. The minimum absolute atomic E-state index is 0.00396. The Labute approximate surface area is 88.8 Å². The molecule has 0 aromatic heterocycles. The Morgan fingerprint density at radius 2 is 1.67 bits per heavy atom. The fourth-order valence-corrected chi connectivity index (χ4v) is 1.60. The van der Waals surface area contributed by atoms with Crippen LogP contribution in [0.3, 0.4) is 0 Å². The van der Waals surface area contributed by atoms with Crippen LogP contribution in [0.2, 0.25) is 0 Å². The van der Waals surface area contributed by atoms with Crippen LogP contribution in [-0.4, -0.2) is 46.8 Å². The molecule has 0 saturated carbocycles. The molecule has 2 rings (SSSR count). The Bertz CT molecular complexity index is 274. The molecule has 2 aliphatic heterocycles. The zero-order valence-electron chi connectivity index (χ0n) is 8.61. The lowest BCUT2D eigenvalue weighted by atomic mass is 10.1. The maximum atomic E-state index is 9.34. The van der Waals surface area contributed by atoms with Gasteiger partial charge in [-0.25, -0.2) is 0 Å². The van der Waals surface area contributed by atoms with Gasteiger partial charge in [0.2, 0.25) is 0 Å². The van der Waals surface area contributed by atoms with E-state index in [1.165, 1.54) is 6.08 Å². The first-order valence-corrected chi connectivity index (χ1v) is 5.11. The molecule has 0 radical (unpaired) electrons. The van der Waals surface area contributed by atoms with Gasteiger partial charge in [-0.2, -0.15) is 0 Å². The van der Waals surface area contributed by atoms with Gasteiger partial charge in [-0.15, -0.1) is 6.58 Å². The van der Waals surface area contributed by atoms with E-state index >= 15 is 0 Å². The van der Waals surface area contributed by atoms with Crippen LogP contribution in [0.5, 0.6) is 0 Å². The van der Waals surface area contributed by atoms with E-state index in [0.29, 0.717) is 0 Å². The summed E-state index contributed by atoms with van der Waals surface area (Å²) in [6.45, 7) is 5.19. The van der Waals surface area contributed by atoms with Crippen molar-refractivity contribution in [2.75, 3.05) is 0 Å². The van der Waals surface area contributed by atoms with Crippen molar-refractivity contribution in [3.05, 3.63) is 24.8 Å². The molecular weight excluding hydrogens is 196 g/mol. The summed E-state index contributed by atoms with van der Waals surface area (Å²) < 4.78 is 10.4. The second kappa shape index (κ2) is 4.06. The number of aliphatic hydroxyl groups is 2. The second-order valence-electron chi connectivity index (χ2n) is 3.98. The molecule has 2 heterocycles. The summed E-state index contributed by atoms with van der Waals surface area (Å²) in [6.07, 6.45) is 3.87. The van der Waals surface area contributed by atoms with Crippen LogP contribution in [0, 0.1) is 0 Å². The Kier molecular flexibility index (Phi) is 2.93. The van der Waals surface area contributed by atoms with E-state index in [-0.39, 0.29) is 24.4 Å². The minimum Gasteiger partial charge on any atom is -0.391 e. The van der Waals surface area contributed by atoms with Gasteiger partial charge in [0.15, 0.2) is 0 Å². The van der Waals surface area contributed by atoms with Crippen LogP contribution in [0.15, 0.2) is 24.8 Å². The van der Waals surface area contributed by atoms with Gasteiger partial charge in [0.1, 0.15) is 30.5 Å². The number of ether oxygens (including phenoxy) is 2. The highest BCUT2D eigenvalue weighted by molar-refractivity contribution is 5.13. The molecule has 2 N–H and O–H groups in total. The molecule has 2 fully saturated rings. The van der Waals surface area contributed by atoms with Gasteiger partial charge >= 0.3 is 0 Å². The Balaban J connectivity index is 1.72. The van der Waals surface area contributed by atoms with E-state index in [1.807, 2.05) is 12.2 Å². The highest BCUT2D eigenvalue weighted by Gasteiger charge is 2.44. The van der Waals surface area contributed by atoms with Gasteiger partial charge in [-0.3, -0.25) is 0 Å². The number of aliphatic hydroxyl groups excluding tert-OH is 2. The Morgan fingerprint density at radius 1 is 1.13 bits per heavy atom. The molecule has 4 heteroatoms. The van der Waals surface area contributed by atoms with Crippen LogP contribution in [0.4, 0.5) is 0 Å². The molecule has 0 amide bonds. The molecule has 6 atom stereocenters. The van der Waals surface area contributed by atoms with E-state index in [2.05, 4.69) is 6.58 Å². The predicted octanol–water partition coefficient (Wildman–Crippen LogP) is 0.00510. The Hall–Kier alpha value is -0.680. The molecule has 4 nitrogen and oxygen atoms in total. The van der Waals surface area contributed by atoms with Gasteiger partial charge in [0, 0.05) is 0 Å². The van der Waals surface area contributed by atoms with Crippen molar-refractivity contribution in [1.82, 2.24) is 0 Å². The van der Waals surface area contributed by atoms with Gasteiger partial charge in [-0.1, -0.05) is 18.2 Å². The molecule has 0 unspecified atom stereocenters. The number of hydrogen-bond acceptors (Lipinski definition) is 4. The molecule has 0 aromatic rings. The summed E-state index contributed by atoms with van der Waals surface area (Å²) >= 11 is 0. The molecule has 2 saturated heterocycles. The second-order valence-corrected chi connectivity index (χ2v) is 3.98. The van der Waals surface area contributed by atoms with E-state index in [0.717, 1.165) is 0 Å². The molecular formula is C11H16O4. The van der Waals surface area contributed by atoms with Crippen molar-refractivity contribution in [3.63, 3.8) is 0 Å². The van der Waals surface area contributed by atoms with Gasteiger partial charge in [0.05, 0.1) is 6.10 Å². The van der Waals surface area contributed by atoms with E-state index in [4.69, 9.17) is 9.47 Å². The number of hydrogen-bond donors (Lipinski definition) is 2. The topological polar surface area (TPSA) is 65.5 Å². The average molecular weight is 212 g/mol. The highest BCUT2D eigenvalue weighted by Crippen LogP contribution is 2.31. The lowest BCUT2D eigenvalue weighted by Crippen LogP contribution is -2.12. The SMILES string of the molecule is C=C[C@@H](O)[C@@H]1O[C@@H]1/C=C/[C@@H]1O[C@@H]1[C@@H](C)O. The first-order chi connectivity index (χ1) is 7.13. The summed E-state index contributed by atoms with van der Waals surface area (Å²) in [5.41, 5.74) is 0. The smallest absolute Gasteiger partial charge is 0.118 e. The van der Waals surface area contributed by atoms with E-state index < -0.39 is 12.2 Å². The quantitative estimate of drug-likeness (QED) is 0.497. The van der Waals surface area contributed by atoms with Gasteiger partial charge in [-0.05, 0) is 6.92 Å². The zero-order valence-corrected chi connectivity index (χ0v) is 8.61. The van der Waals surface area contributed by atoms with Crippen LogP contribution in [-0.2, 0) is 9.47 Å². The number of rotatable bonds is 5. The normalized spacial score (nSPS) is 42.6. The Morgan fingerprint density at radius 3 is 2.13 bits per heavy atom. The average Bonchev–Trinajstić information content (AvgIpc) is 3.06. The third-order valence-corrected chi connectivity index (χ3v) is 2.67. The van der Waals surface area contributed by atoms with E-state index in [1.54, 1.807) is 6.92 Å². The fraction of sp³-hybridized carbons (Fsp3) is 0.636. The van der Waals surface area contributed by atoms with Crippen molar-refractivity contribution < 1.29 is 19.7 Å². The lowest BCUT2D eigenvalue weighted by molar-refractivity contribution is 0.152. The van der Waals surface area contributed by atoms with Crippen molar-refractivity contribution in [1.29, 1.82) is 0 Å². The van der Waals surface area contributed by atoms with Gasteiger partial charge in [0.25, 0.3) is 0 Å². The van der Waals surface area contributed by atoms with Crippen molar-refractivity contribution in [2.24, 2.45) is 0 Å². The third-order valence-electron chi connectivity index (χ3n) is 2.67. The van der Waals surface area contributed by atoms with Crippen LogP contribution in [0.25, 0.3) is 0 Å². The monoisotopic (exact) mass is 212 g/mol. The minimum atomic E-state index is -0.604. The highest BCUT2D eigenvalue weighted by atomic mass is 16.6. The van der Waals surface area contributed by atoms with Crippen molar-refractivity contribution >= 4 is 0 Å². The molecule has 15 heavy (non-hydrogen) atoms. The van der Waals surface area contributed by atoms with Crippen LogP contribution in [0.1, 0.15) is 6.92 Å². The molecule has 0 aromatic carbocycles. The van der Waals surface area contributed by atoms with Crippen LogP contribution < -0.4 is 0 Å². The lowest BCUT2D eigenvalue weighted by Gasteiger charge is -1.96. The van der Waals surface area contributed by atoms with Gasteiger partial charge < -0.3 is 19.7 Å². The van der Waals surface area contributed by atoms with E-state index in [9.17, 15) is 10.2 Å². The predicted molar refractivity (Wildman–Crippen MR) is 54.3 cm³/mol. The first kappa shape index (κ1) is 10.8. The maximum absolute atomic E-state index is 9.34. The fourth-order valence-electron chi connectivity index (χ4n) is 1.60. The van der Waals surface area contributed by atoms with Crippen molar-refractivity contribution in [3.8, 4) is 0 Å². The summed E-state index contributed by atoms with van der Waals surface area (Å²) in [6, 6.07) is 0. The largest absolute Gasteiger partial charge is 0.391 e. The third kappa shape index (κ3) is 2.46. The maximum Gasteiger partial charge on any atom is 0.118 e. The van der Waals surface area contributed by atoms with Crippen molar-refractivity contribution in [2.45, 2.75) is 43.5 Å². The zero-order chi connectivity index (χ0) is 11.0. The molecule has 0 aliphatic carbocycles. The van der Waals surface area contributed by atoms with Crippen LogP contribution >= 0.6 is 0 Å². The summed E-state index contributed by atoms with van der Waals surface area (Å²) in [7, 11) is 0. The molecule has 84 valence electrons. The molecule has 0 bridgehead atoms. The molecule has 2 aliphatic rings. The summed E-state index contributed by atoms with van der Waals surface area (Å²) in [5.74, 6) is 0. The molecule has 0 spiro atoms. The first-order valence-electron chi connectivity index (χ1n) is 5.11. The standard InChI is InChI=1S/C11H16O4/c1-3-7(13)11-9(15-11)5-4-8-10(14-8)6(2)12/h3-13H,1H2,2H3/b5-4+/t6-,7-,8+,9-,10-,11+/m1/s1.